The fourth-order valence-corrected chi connectivity index (χ4v) is 1.67. The highest BCUT2D eigenvalue weighted by molar-refractivity contribution is 6.70. The van der Waals surface area contributed by atoms with Gasteiger partial charge >= 0.3 is 0 Å². The Labute approximate surface area is 81.9 Å². The lowest BCUT2D eigenvalue weighted by Gasteiger charge is -2.20. The van der Waals surface area contributed by atoms with E-state index >= 15 is 0 Å². The van der Waals surface area contributed by atoms with Crippen molar-refractivity contribution in [1.82, 2.24) is 4.81 Å². The molecule has 0 N–H and O–H groups in total. The maximum atomic E-state index is 2.29. The van der Waals surface area contributed by atoms with Crippen LogP contribution in [0.3, 0.4) is 0 Å². The van der Waals surface area contributed by atoms with Gasteiger partial charge in [0.1, 0.15) is 0 Å². The van der Waals surface area contributed by atoms with E-state index in [2.05, 4.69) is 56.2 Å². The average Bonchev–Trinajstić information content (AvgIpc) is 2.15. The Kier molecular flexibility index (Phi) is 4.03. The summed E-state index contributed by atoms with van der Waals surface area (Å²) in [7, 11) is 4.29. The molecule has 0 bridgehead atoms. The molecule has 0 unspecified atom stereocenters. The third kappa shape index (κ3) is 2.89. The van der Waals surface area contributed by atoms with E-state index in [4.69, 9.17) is 0 Å². The van der Waals surface area contributed by atoms with E-state index in [1.807, 2.05) is 0 Å². The predicted molar refractivity (Wildman–Crippen MR) is 60.6 cm³/mol. The van der Waals surface area contributed by atoms with Crippen LogP contribution in [0.5, 0.6) is 0 Å². The summed E-state index contributed by atoms with van der Waals surface area (Å²) in [6.07, 6.45) is 2.47. The molecule has 0 saturated heterocycles. The Balaban J connectivity index is 2.76. The predicted octanol–water partition coefficient (Wildman–Crippen LogP) is 1.86. The van der Waals surface area contributed by atoms with E-state index in [1.54, 1.807) is 0 Å². The first-order valence-electron chi connectivity index (χ1n) is 4.97. The summed E-state index contributed by atoms with van der Waals surface area (Å²) in [4.78, 5) is 2.29. The van der Waals surface area contributed by atoms with Crippen molar-refractivity contribution in [2.24, 2.45) is 0 Å². The van der Waals surface area contributed by atoms with Gasteiger partial charge < -0.3 is 4.81 Å². The topological polar surface area (TPSA) is 3.24 Å². The van der Waals surface area contributed by atoms with E-state index < -0.39 is 0 Å². The van der Waals surface area contributed by atoms with Gasteiger partial charge in [0.15, 0.2) is 0 Å². The van der Waals surface area contributed by atoms with Crippen LogP contribution in [-0.4, -0.2) is 25.8 Å². The zero-order chi connectivity index (χ0) is 9.68. The van der Waals surface area contributed by atoms with Crippen molar-refractivity contribution in [1.29, 1.82) is 0 Å². The highest BCUT2D eigenvalue weighted by Crippen LogP contribution is 2.00. The Morgan fingerprint density at radius 1 is 1.15 bits per heavy atom. The van der Waals surface area contributed by atoms with Gasteiger partial charge in [0.05, 0.1) is 0 Å². The second-order valence-electron chi connectivity index (χ2n) is 3.68. The van der Waals surface area contributed by atoms with Gasteiger partial charge in [0, 0.05) is 0 Å². The lowest BCUT2D eigenvalue weighted by Crippen LogP contribution is -2.43. The van der Waals surface area contributed by atoms with Crippen LogP contribution in [0.1, 0.15) is 13.3 Å². The maximum Gasteiger partial charge on any atom is 0.257 e. The lowest BCUT2D eigenvalue weighted by atomic mass is 9.51. The van der Waals surface area contributed by atoms with Gasteiger partial charge in [0.25, 0.3) is 6.85 Å². The maximum absolute atomic E-state index is 2.29. The standard InChI is InChI=1S/C11H18BN/c1-4-10-12(13(2)3)11-8-6-5-7-9-11/h5-9H,4,10H2,1-3H3. The SMILES string of the molecule is CCCB(c1ccccc1)N(C)C. The van der Waals surface area contributed by atoms with E-state index in [9.17, 15) is 0 Å². The molecule has 0 aliphatic carbocycles. The molecule has 0 atom stereocenters. The summed E-state index contributed by atoms with van der Waals surface area (Å²) in [6.45, 7) is 2.81. The van der Waals surface area contributed by atoms with Gasteiger partial charge in [-0.05, 0) is 14.1 Å². The third-order valence-electron chi connectivity index (χ3n) is 2.37. The first-order valence-corrected chi connectivity index (χ1v) is 4.97. The molecule has 0 aromatic heterocycles. The molecule has 0 saturated carbocycles. The van der Waals surface area contributed by atoms with Crippen molar-refractivity contribution in [2.45, 2.75) is 19.7 Å². The van der Waals surface area contributed by atoms with E-state index in [0.29, 0.717) is 6.85 Å². The largest absolute Gasteiger partial charge is 0.344 e. The second kappa shape index (κ2) is 5.08. The van der Waals surface area contributed by atoms with Crippen molar-refractivity contribution in [3.8, 4) is 0 Å². The summed E-state index contributed by atoms with van der Waals surface area (Å²) >= 11 is 0. The highest BCUT2D eigenvalue weighted by Gasteiger charge is 2.17. The van der Waals surface area contributed by atoms with Crippen LogP contribution in [0, 0.1) is 0 Å². The zero-order valence-corrected chi connectivity index (χ0v) is 8.83. The molecular formula is C11H18BN. The molecule has 1 aromatic carbocycles. The normalized spacial score (nSPS) is 10.5. The first-order chi connectivity index (χ1) is 6.25. The molecule has 0 aliphatic heterocycles. The van der Waals surface area contributed by atoms with Crippen LogP contribution in [0.2, 0.25) is 6.32 Å². The van der Waals surface area contributed by atoms with Gasteiger partial charge in [-0.2, -0.15) is 0 Å². The smallest absolute Gasteiger partial charge is 0.257 e. The quantitative estimate of drug-likeness (QED) is 0.631. The number of rotatable bonds is 4. The minimum atomic E-state index is 0.575. The molecule has 0 heterocycles. The molecule has 1 rings (SSSR count). The number of benzene rings is 1. The van der Waals surface area contributed by atoms with Gasteiger partial charge in [-0.3, -0.25) is 0 Å². The number of hydrogen-bond donors (Lipinski definition) is 0. The van der Waals surface area contributed by atoms with Crippen molar-refractivity contribution in [3.63, 3.8) is 0 Å². The fraction of sp³-hybridized carbons (Fsp3) is 0.455. The monoisotopic (exact) mass is 175 g/mol. The van der Waals surface area contributed by atoms with Crippen molar-refractivity contribution in [3.05, 3.63) is 30.3 Å². The second-order valence-corrected chi connectivity index (χ2v) is 3.68. The van der Waals surface area contributed by atoms with Crippen molar-refractivity contribution >= 4 is 12.3 Å². The van der Waals surface area contributed by atoms with E-state index in [1.165, 1.54) is 18.2 Å². The van der Waals surface area contributed by atoms with Crippen LogP contribution in [0.4, 0.5) is 0 Å². The minimum absolute atomic E-state index is 0.575. The summed E-state index contributed by atoms with van der Waals surface area (Å²) < 4.78 is 0. The molecule has 0 spiro atoms. The van der Waals surface area contributed by atoms with Crippen LogP contribution in [-0.2, 0) is 0 Å². The third-order valence-corrected chi connectivity index (χ3v) is 2.37. The van der Waals surface area contributed by atoms with Crippen molar-refractivity contribution < 1.29 is 0 Å². The summed E-state index contributed by atoms with van der Waals surface area (Å²) in [5.41, 5.74) is 1.43. The number of nitrogens with zero attached hydrogens (tertiary/aromatic N) is 1. The van der Waals surface area contributed by atoms with Gasteiger partial charge in [-0.25, -0.2) is 0 Å². The first kappa shape index (κ1) is 10.3. The van der Waals surface area contributed by atoms with Crippen LogP contribution >= 0.6 is 0 Å². The molecule has 0 radical (unpaired) electrons. The number of hydrogen-bond acceptors (Lipinski definition) is 1. The molecule has 70 valence electrons. The van der Waals surface area contributed by atoms with Crippen LogP contribution in [0.15, 0.2) is 30.3 Å². The molecule has 13 heavy (non-hydrogen) atoms. The van der Waals surface area contributed by atoms with E-state index in [-0.39, 0.29) is 0 Å². The summed E-state index contributed by atoms with van der Waals surface area (Å²) in [5.74, 6) is 0. The van der Waals surface area contributed by atoms with Gasteiger partial charge in [-0.1, -0.05) is 55.5 Å². The van der Waals surface area contributed by atoms with Crippen LogP contribution < -0.4 is 5.46 Å². The summed E-state index contributed by atoms with van der Waals surface area (Å²) in [5, 5.41) is 0. The Morgan fingerprint density at radius 2 is 1.77 bits per heavy atom. The van der Waals surface area contributed by atoms with Crippen LogP contribution in [0.25, 0.3) is 0 Å². The zero-order valence-electron chi connectivity index (χ0n) is 8.83. The fourth-order valence-electron chi connectivity index (χ4n) is 1.67. The van der Waals surface area contributed by atoms with E-state index in [0.717, 1.165) is 0 Å². The molecule has 1 aromatic rings. The van der Waals surface area contributed by atoms with Gasteiger partial charge in [-0.15, -0.1) is 0 Å². The van der Waals surface area contributed by atoms with Gasteiger partial charge in [0.2, 0.25) is 0 Å². The Morgan fingerprint density at radius 3 is 2.23 bits per heavy atom. The Hall–Kier alpha value is -0.755. The molecule has 0 fully saturated rings. The molecule has 1 nitrogen and oxygen atoms in total. The lowest BCUT2D eigenvalue weighted by molar-refractivity contribution is 0.642. The molecule has 0 amide bonds. The average molecular weight is 175 g/mol. The molecular weight excluding hydrogens is 157 g/mol. The minimum Gasteiger partial charge on any atom is -0.344 e. The molecule has 2 heteroatoms. The molecule has 0 aliphatic rings. The van der Waals surface area contributed by atoms with Crippen molar-refractivity contribution in [2.75, 3.05) is 14.1 Å². The Bertz CT molecular complexity index is 233. The highest BCUT2D eigenvalue weighted by atomic mass is 15.0. The summed E-state index contributed by atoms with van der Waals surface area (Å²) in [6, 6.07) is 10.7.